The molecule has 20 heavy (non-hydrogen) atoms. The van der Waals surface area contributed by atoms with Crippen LogP contribution in [0.4, 0.5) is 0 Å². The van der Waals surface area contributed by atoms with Crippen molar-refractivity contribution in [1.82, 2.24) is 0 Å². The molecule has 2 nitrogen and oxygen atoms in total. The number of allylic oxidation sites excluding steroid dienone is 4. The predicted molar refractivity (Wildman–Crippen MR) is 84.8 cm³/mol. The minimum Gasteiger partial charge on any atom is -0.300 e. The monoisotopic (exact) mass is 271 g/mol. The van der Waals surface area contributed by atoms with Gasteiger partial charge in [-0.3, -0.25) is 9.79 Å². The van der Waals surface area contributed by atoms with Gasteiger partial charge < -0.3 is 0 Å². The third-order valence-corrected chi connectivity index (χ3v) is 4.15. The van der Waals surface area contributed by atoms with E-state index in [1.165, 1.54) is 24.0 Å². The Bertz CT molecular complexity index is 478. The fourth-order valence-corrected chi connectivity index (χ4v) is 2.65. The zero-order chi connectivity index (χ0) is 14.5. The van der Waals surface area contributed by atoms with Gasteiger partial charge in [-0.25, -0.2) is 0 Å². The van der Waals surface area contributed by atoms with Crippen molar-refractivity contribution in [2.75, 3.05) is 0 Å². The molecular weight excluding hydrogens is 246 g/mol. The summed E-state index contributed by atoms with van der Waals surface area (Å²) in [5.41, 5.74) is 3.43. The van der Waals surface area contributed by atoms with Crippen LogP contribution in [-0.4, -0.2) is 12.0 Å². The molecular formula is C18H25NO. The van der Waals surface area contributed by atoms with Crippen LogP contribution in [0.1, 0.15) is 52.4 Å². The molecule has 2 aliphatic rings. The van der Waals surface area contributed by atoms with E-state index in [0.717, 1.165) is 31.4 Å². The Labute approximate surface area is 122 Å². The molecule has 0 bridgehead atoms. The second-order valence-electron chi connectivity index (χ2n) is 5.96. The van der Waals surface area contributed by atoms with Gasteiger partial charge in [-0.05, 0) is 56.1 Å². The standard InChI is InChI=1S/C18H25NO/c1-4-6-17(14(3)20)11-15-7-5-8-18(19-12-15)13(2)16-9-10-16/h7-8,12,16-17H,2,4-6,9-11H2,1,3H3. The van der Waals surface area contributed by atoms with Crippen molar-refractivity contribution in [3.05, 3.63) is 35.6 Å². The van der Waals surface area contributed by atoms with Gasteiger partial charge in [-0.2, -0.15) is 0 Å². The number of nitrogens with zero attached hydrogens (tertiary/aromatic N) is 1. The number of rotatable bonds is 7. The largest absolute Gasteiger partial charge is 0.300 e. The number of carbonyl (C=O) groups excluding carboxylic acids is 1. The number of aliphatic imine (C=N–C) groups is 1. The molecule has 0 radical (unpaired) electrons. The van der Waals surface area contributed by atoms with Crippen LogP contribution in [0.25, 0.3) is 0 Å². The van der Waals surface area contributed by atoms with E-state index in [1.54, 1.807) is 6.92 Å². The first kappa shape index (κ1) is 15.0. The lowest BCUT2D eigenvalue weighted by atomic mass is 9.92. The molecule has 1 unspecified atom stereocenters. The Morgan fingerprint density at radius 2 is 2.20 bits per heavy atom. The lowest BCUT2D eigenvalue weighted by Gasteiger charge is -2.12. The smallest absolute Gasteiger partial charge is 0.133 e. The first-order valence-electron chi connectivity index (χ1n) is 7.74. The summed E-state index contributed by atoms with van der Waals surface area (Å²) in [6.45, 7) is 8.00. The first-order chi connectivity index (χ1) is 9.61. The van der Waals surface area contributed by atoms with Crippen LogP contribution >= 0.6 is 0 Å². The molecule has 0 aromatic carbocycles. The van der Waals surface area contributed by atoms with Gasteiger partial charge in [0, 0.05) is 12.1 Å². The minimum atomic E-state index is 0.144. The Morgan fingerprint density at radius 1 is 1.45 bits per heavy atom. The van der Waals surface area contributed by atoms with Crippen LogP contribution in [0.2, 0.25) is 0 Å². The van der Waals surface area contributed by atoms with Gasteiger partial charge in [0.2, 0.25) is 0 Å². The van der Waals surface area contributed by atoms with Crippen LogP contribution in [-0.2, 0) is 4.79 Å². The number of hydrogen-bond donors (Lipinski definition) is 0. The van der Waals surface area contributed by atoms with Gasteiger partial charge in [0.15, 0.2) is 0 Å². The Balaban J connectivity index is 1.97. The lowest BCUT2D eigenvalue weighted by molar-refractivity contribution is -0.120. The summed E-state index contributed by atoms with van der Waals surface area (Å²) in [7, 11) is 0. The van der Waals surface area contributed by atoms with Crippen LogP contribution in [0.15, 0.2) is 40.6 Å². The molecule has 108 valence electrons. The summed E-state index contributed by atoms with van der Waals surface area (Å²) in [5.74, 6) is 1.09. The van der Waals surface area contributed by atoms with Crippen LogP contribution in [0.5, 0.6) is 0 Å². The predicted octanol–water partition coefficient (Wildman–Crippen LogP) is 4.63. The highest BCUT2D eigenvalue weighted by Gasteiger charge is 2.26. The maximum Gasteiger partial charge on any atom is 0.133 e. The van der Waals surface area contributed by atoms with E-state index in [9.17, 15) is 4.79 Å². The van der Waals surface area contributed by atoms with E-state index >= 15 is 0 Å². The van der Waals surface area contributed by atoms with Gasteiger partial charge in [0.25, 0.3) is 0 Å². The van der Waals surface area contributed by atoms with E-state index in [1.807, 2.05) is 6.21 Å². The molecule has 0 aromatic heterocycles. The second kappa shape index (κ2) is 6.83. The molecule has 0 saturated heterocycles. The maximum atomic E-state index is 11.7. The van der Waals surface area contributed by atoms with Crippen LogP contribution in [0.3, 0.4) is 0 Å². The lowest BCUT2D eigenvalue weighted by Crippen LogP contribution is -2.12. The summed E-state index contributed by atoms with van der Waals surface area (Å²) >= 11 is 0. The molecule has 0 amide bonds. The second-order valence-corrected chi connectivity index (χ2v) is 5.96. The molecule has 0 aromatic rings. The van der Waals surface area contributed by atoms with Crippen molar-refractivity contribution < 1.29 is 4.79 Å². The zero-order valence-electron chi connectivity index (χ0n) is 12.7. The third-order valence-electron chi connectivity index (χ3n) is 4.15. The van der Waals surface area contributed by atoms with Crippen molar-refractivity contribution in [1.29, 1.82) is 0 Å². The summed E-state index contributed by atoms with van der Waals surface area (Å²) in [5, 5.41) is 0. The van der Waals surface area contributed by atoms with Crippen molar-refractivity contribution >= 4 is 12.0 Å². The topological polar surface area (TPSA) is 29.4 Å². The summed E-state index contributed by atoms with van der Waals surface area (Å²) < 4.78 is 0. The first-order valence-corrected chi connectivity index (χ1v) is 7.74. The molecule has 1 heterocycles. The number of ketones is 1. The fourth-order valence-electron chi connectivity index (χ4n) is 2.65. The molecule has 0 N–H and O–H groups in total. The van der Waals surface area contributed by atoms with Gasteiger partial charge >= 0.3 is 0 Å². The highest BCUT2D eigenvalue weighted by molar-refractivity contribution is 5.84. The van der Waals surface area contributed by atoms with E-state index < -0.39 is 0 Å². The summed E-state index contributed by atoms with van der Waals surface area (Å²) in [6.07, 6.45) is 12.6. The molecule has 2 rings (SSSR count). The Kier molecular flexibility index (Phi) is 5.11. The number of carbonyl (C=O) groups is 1. The van der Waals surface area contributed by atoms with Gasteiger partial charge in [0.1, 0.15) is 5.78 Å². The van der Waals surface area contributed by atoms with Gasteiger partial charge in [-0.15, -0.1) is 0 Å². The maximum absolute atomic E-state index is 11.7. The van der Waals surface area contributed by atoms with Gasteiger partial charge in [0.05, 0.1) is 5.70 Å². The Morgan fingerprint density at radius 3 is 2.80 bits per heavy atom. The van der Waals surface area contributed by atoms with E-state index in [0.29, 0.717) is 11.7 Å². The van der Waals surface area contributed by atoms with E-state index in [2.05, 4.69) is 30.6 Å². The molecule has 2 heteroatoms. The molecule has 1 atom stereocenters. The van der Waals surface area contributed by atoms with Crippen molar-refractivity contribution in [2.45, 2.75) is 52.4 Å². The van der Waals surface area contributed by atoms with E-state index in [-0.39, 0.29) is 5.92 Å². The van der Waals surface area contributed by atoms with Crippen LogP contribution < -0.4 is 0 Å². The molecule has 1 aliphatic carbocycles. The van der Waals surface area contributed by atoms with Crippen molar-refractivity contribution in [2.24, 2.45) is 16.8 Å². The molecule has 1 aliphatic heterocycles. The number of hydrogen-bond acceptors (Lipinski definition) is 2. The summed E-state index contributed by atoms with van der Waals surface area (Å²) in [4.78, 5) is 16.3. The van der Waals surface area contributed by atoms with Crippen molar-refractivity contribution in [3.8, 4) is 0 Å². The molecule has 0 spiro atoms. The summed E-state index contributed by atoms with van der Waals surface area (Å²) in [6, 6.07) is 0. The van der Waals surface area contributed by atoms with Gasteiger partial charge in [-0.1, -0.05) is 32.1 Å². The van der Waals surface area contributed by atoms with Crippen molar-refractivity contribution in [3.63, 3.8) is 0 Å². The Hall–Kier alpha value is -1.44. The SMILES string of the molecule is C=C(C1=CCC=C(CC(CCC)C(C)=O)C=N1)C1CC1. The average molecular weight is 271 g/mol. The minimum absolute atomic E-state index is 0.144. The average Bonchev–Trinajstić information content (AvgIpc) is 3.25. The number of Topliss-reactive ketones (excluding diaryl/α,β-unsaturated/α-hetero) is 1. The normalized spacial score (nSPS) is 19.9. The highest BCUT2D eigenvalue weighted by Crippen LogP contribution is 2.39. The molecule has 1 fully saturated rings. The molecule has 1 saturated carbocycles. The van der Waals surface area contributed by atoms with Crippen LogP contribution in [0, 0.1) is 11.8 Å². The highest BCUT2D eigenvalue weighted by atomic mass is 16.1. The fraction of sp³-hybridized carbons (Fsp3) is 0.556. The quantitative estimate of drug-likeness (QED) is 0.663. The zero-order valence-corrected chi connectivity index (χ0v) is 12.7. The third kappa shape index (κ3) is 4.03. The van der Waals surface area contributed by atoms with E-state index in [4.69, 9.17) is 0 Å².